The summed E-state index contributed by atoms with van der Waals surface area (Å²) in [6.45, 7) is 8.24. The van der Waals surface area contributed by atoms with Crippen LogP contribution >= 0.6 is 24.0 Å². The van der Waals surface area contributed by atoms with Crippen LogP contribution in [0.1, 0.15) is 44.6 Å². The largest absolute Gasteiger partial charge is 0.378 e. The van der Waals surface area contributed by atoms with Gasteiger partial charge >= 0.3 is 0 Å². The average Bonchev–Trinajstić information content (AvgIpc) is 3.51. The number of aromatic nitrogens is 1. The van der Waals surface area contributed by atoms with E-state index >= 15 is 0 Å². The van der Waals surface area contributed by atoms with Crippen molar-refractivity contribution in [3.8, 4) is 0 Å². The Hall–Kier alpha value is -1.62. The molecule has 178 valence electrons. The van der Waals surface area contributed by atoms with Gasteiger partial charge in [0.1, 0.15) is 5.82 Å². The number of rotatable bonds is 6. The van der Waals surface area contributed by atoms with Crippen molar-refractivity contribution in [1.29, 1.82) is 0 Å². The van der Waals surface area contributed by atoms with Gasteiger partial charge in [-0.1, -0.05) is 18.9 Å². The number of nitrogens with one attached hydrogen (secondary N) is 2. The highest BCUT2D eigenvalue weighted by Crippen LogP contribution is 2.28. The van der Waals surface area contributed by atoms with Crippen LogP contribution in [0, 0.1) is 5.92 Å². The van der Waals surface area contributed by atoms with E-state index in [1.165, 1.54) is 12.8 Å². The fraction of sp³-hybridized carbons (Fsp3) is 0.696. The molecule has 1 atom stereocenters. The van der Waals surface area contributed by atoms with E-state index in [0.29, 0.717) is 12.5 Å². The van der Waals surface area contributed by atoms with Gasteiger partial charge in [0.05, 0.1) is 19.8 Å². The molecule has 1 unspecified atom stereocenters. The van der Waals surface area contributed by atoms with Crippen molar-refractivity contribution < 1.29 is 9.53 Å². The minimum absolute atomic E-state index is 0. The molecule has 1 saturated carbocycles. The van der Waals surface area contributed by atoms with Crippen LogP contribution < -0.4 is 15.5 Å². The van der Waals surface area contributed by atoms with E-state index in [2.05, 4.69) is 38.4 Å². The lowest BCUT2D eigenvalue weighted by atomic mass is 10.1. The van der Waals surface area contributed by atoms with Crippen molar-refractivity contribution >= 4 is 41.7 Å². The number of morpholine rings is 1. The molecule has 2 saturated heterocycles. The number of guanidine groups is 1. The molecule has 8 nitrogen and oxygen atoms in total. The van der Waals surface area contributed by atoms with Gasteiger partial charge in [-0.3, -0.25) is 4.79 Å². The highest BCUT2D eigenvalue weighted by atomic mass is 127. The second-order valence-electron chi connectivity index (χ2n) is 8.68. The Morgan fingerprint density at radius 2 is 2.00 bits per heavy atom. The van der Waals surface area contributed by atoms with Crippen LogP contribution in [0.3, 0.4) is 0 Å². The van der Waals surface area contributed by atoms with E-state index in [1.54, 1.807) is 0 Å². The van der Waals surface area contributed by atoms with Gasteiger partial charge in [-0.2, -0.15) is 0 Å². The molecular weight excluding hydrogens is 519 g/mol. The Morgan fingerprint density at radius 1 is 1.22 bits per heavy atom. The molecule has 3 fully saturated rings. The van der Waals surface area contributed by atoms with Crippen LogP contribution in [0.4, 0.5) is 5.82 Å². The zero-order valence-electron chi connectivity index (χ0n) is 19.1. The standard InChI is InChI=1S/C23H36N6O2.HI/c1-2-24-23(27-20-9-11-29(17-20)22(30)18-6-3-4-7-18)26-16-19-8-5-10-25-21(19)28-12-14-31-15-13-28;/h5,8,10,18,20H,2-4,6-7,9,11-17H2,1H3,(H2,24,26,27);1H. The summed E-state index contributed by atoms with van der Waals surface area (Å²) in [6, 6.07) is 4.32. The highest BCUT2D eigenvalue weighted by molar-refractivity contribution is 14.0. The average molecular weight is 556 g/mol. The van der Waals surface area contributed by atoms with Gasteiger partial charge < -0.3 is 25.2 Å². The third-order valence-electron chi connectivity index (χ3n) is 6.48. The molecule has 4 rings (SSSR count). The second-order valence-corrected chi connectivity index (χ2v) is 8.68. The fourth-order valence-electron chi connectivity index (χ4n) is 4.80. The molecule has 0 radical (unpaired) electrons. The number of halogens is 1. The second kappa shape index (κ2) is 12.6. The SMILES string of the molecule is CCNC(=NCc1cccnc1N1CCOCC1)NC1CCN(C(=O)C2CCCC2)C1.I. The molecule has 0 aromatic carbocycles. The molecule has 1 aromatic rings. The van der Waals surface area contributed by atoms with E-state index in [1.807, 2.05) is 12.3 Å². The van der Waals surface area contributed by atoms with Gasteiger partial charge in [0.15, 0.2) is 5.96 Å². The maximum Gasteiger partial charge on any atom is 0.225 e. The third kappa shape index (κ3) is 6.46. The topological polar surface area (TPSA) is 82.1 Å². The number of carbonyl (C=O) groups is 1. The fourth-order valence-corrected chi connectivity index (χ4v) is 4.80. The van der Waals surface area contributed by atoms with Gasteiger partial charge in [0.2, 0.25) is 5.91 Å². The smallest absolute Gasteiger partial charge is 0.225 e. The molecule has 2 N–H and O–H groups in total. The summed E-state index contributed by atoms with van der Waals surface area (Å²) < 4.78 is 5.48. The molecule has 0 bridgehead atoms. The Kier molecular flexibility index (Phi) is 9.83. The van der Waals surface area contributed by atoms with Crippen molar-refractivity contribution in [1.82, 2.24) is 20.5 Å². The van der Waals surface area contributed by atoms with Gasteiger partial charge in [0.25, 0.3) is 0 Å². The molecule has 9 heteroatoms. The first-order chi connectivity index (χ1) is 15.2. The Balaban J connectivity index is 0.00000289. The minimum atomic E-state index is 0. The molecule has 1 aliphatic carbocycles. The van der Waals surface area contributed by atoms with E-state index in [-0.39, 0.29) is 35.9 Å². The summed E-state index contributed by atoms with van der Waals surface area (Å²) in [7, 11) is 0. The lowest BCUT2D eigenvalue weighted by Crippen LogP contribution is -2.45. The number of hydrogen-bond acceptors (Lipinski definition) is 5. The van der Waals surface area contributed by atoms with Crippen LogP contribution in [0.2, 0.25) is 0 Å². The number of pyridine rings is 1. The van der Waals surface area contributed by atoms with Crippen molar-refractivity contribution in [2.45, 2.75) is 51.6 Å². The van der Waals surface area contributed by atoms with Crippen LogP contribution in [0.25, 0.3) is 0 Å². The lowest BCUT2D eigenvalue weighted by molar-refractivity contribution is -0.134. The molecule has 0 spiro atoms. The summed E-state index contributed by atoms with van der Waals surface area (Å²) in [5, 5.41) is 6.91. The predicted octanol–water partition coefficient (Wildman–Crippen LogP) is 2.38. The van der Waals surface area contributed by atoms with Crippen molar-refractivity contribution in [2.75, 3.05) is 50.8 Å². The number of carbonyl (C=O) groups excluding carboxylic acids is 1. The van der Waals surface area contributed by atoms with Crippen molar-refractivity contribution in [3.05, 3.63) is 23.9 Å². The number of likely N-dealkylation sites (tertiary alicyclic amines) is 1. The van der Waals surface area contributed by atoms with Gasteiger partial charge in [-0.25, -0.2) is 9.98 Å². The summed E-state index contributed by atoms with van der Waals surface area (Å²) in [5.41, 5.74) is 1.12. The molecule has 3 heterocycles. The Morgan fingerprint density at radius 3 is 2.75 bits per heavy atom. The summed E-state index contributed by atoms with van der Waals surface area (Å²) in [4.78, 5) is 26.5. The quantitative estimate of drug-likeness (QED) is 0.318. The molecule has 3 aliphatic rings. The van der Waals surface area contributed by atoms with Crippen molar-refractivity contribution in [2.24, 2.45) is 10.9 Å². The Labute approximate surface area is 208 Å². The number of hydrogen-bond donors (Lipinski definition) is 2. The highest BCUT2D eigenvalue weighted by Gasteiger charge is 2.32. The normalized spacial score (nSPS) is 22.0. The molecule has 1 amide bonds. The zero-order valence-corrected chi connectivity index (χ0v) is 21.4. The van der Waals surface area contributed by atoms with Gasteiger partial charge in [-0.05, 0) is 32.3 Å². The van der Waals surface area contributed by atoms with E-state index in [0.717, 1.165) is 82.5 Å². The number of amides is 1. The van der Waals surface area contributed by atoms with Crippen LogP contribution in [0.5, 0.6) is 0 Å². The minimum Gasteiger partial charge on any atom is -0.378 e. The van der Waals surface area contributed by atoms with Crippen LogP contribution in [-0.2, 0) is 16.1 Å². The number of aliphatic imine (C=N–C) groups is 1. The number of ether oxygens (including phenoxy) is 1. The summed E-state index contributed by atoms with van der Waals surface area (Å²) in [5.74, 6) is 2.41. The molecular formula is C23H37IN6O2. The zero-order chi connectivity index (χ0) is 21.5. The molecule has 2 aliphatic heterocycles. The molecule has 1 aromatic heterocycles. The maximum atomic E-state index is 12.7. The summed E-state index contributed by atoms with van der Waals surface area (Å²) in [6.07, 6.45) is 7.33. The predicted molar refractivity (Wildman–Crippen MR) is 138 cm³/mol. The third-order valence-corrected chi connectivity index (χ3v) is 6.48. The monoisotopic (exact) mass is 556 g/mol. The van der Waals surface area contributed by atoms with Crippen molar-refractivity contribution in [3.63, 3.8) is 0 Å². The lowest BCUT2D eigenvalue weighted by Gasteiger charge is -2.29. The molecule has 32 heavy (non-hydrogen) atoms. The first kappa shape index (κ1) is 25.0. The van der Waals surface area contributed by atoms with Crippen LogP contribution in [-0.4, -0.2) is 73.7 Å². The first-order valence-corrected chi connectivity index (χ1v) is 11.8. The summed E-state index contributed by atoms with van der Waals surface area (Å²) >= 11 is 0. The van der Waals surface area contributed by atoms with Gasteiger partial charge in [0, 0.05) is 56.4 Å². The van der Waals surface area contributed by atoms with E-state index in [9.17, 15) is 4.79 Å². The van der Waals surface area contributed by atoms with E-state index < -0.39 is 0 Å². The number of anilines is 1. The maximum absolute atomic E-state index is 12.7. The van der Waals surface area contributed by atoms with E-state index in [4.69, 9.17) is 9.73 Å². The first-order valence-electron chi connectivity index (χ1n) is 11.8. The van der Waals surface area contributed by atoms with Crippen LogP contribution in [0.15, 0.2) is 23.3 Å². The van der Waals surface area contributed by atoms with Gasteiger partial charge in [-0.15, -0.1) is 24.0 Å². The number of nitrogens with zero attached hydrogens (tertiary/aromatic N) is 4. The Bertz CT molecular complexity index is 765.